The Hall–Kier alpha value is -1.40. The average molecular weight is 298 g/mol. The summed E-state index contributed by atoms with van der Waals surface area (Å²) in [6.07, 6.45) is 3.01. The fourth-order valence-corrected chi connectivity index (χ4v) is 2.57. The van der Waals surface area contributed by atoms with Gasteiger partial charge in [0.05, 0.1) is 4.90 Å². The lowest BCUT2D eigenvalue weighted by molar-refractivity contribution is 0.0937. The lowest BCUT2D eigenvalue weighted by atomic mass is 10.1. The third kappa shape index (κ3) is 4.94. The molecule has 0 saturated carbocycles. The standard InChI is InChI=1S/C14H22N2O3S/c1-4-5-6-11(3)16-14(17)12-7-10(2)8-13(9-12)20(15,18)19/h7-9,11H,4-6H2,1-3H3,(H,16,17)(H2,15,18,19). The molecule has 0 aliphatic rings. The number of carbonyl (C=O) groups is 1. The third-order valence-corrected chi connectivity index (χ3v) is 3.90. The molecule has 112 valence electrons. The Morgan fingerprint density at radius 1 is 1.35 bits per heavy atom. The molecule has 1 aromatic rings. The van der Waals surface area contributed by atoms with Crippen LogP contribution in [-0.4, -0.2) is 20.4 Å². The summed E-state index contributed by atoms with van der Waals surface area (Å²) in [5.74, 6) is -0.276. The number of aryl methyl sites for hydroxylation is 1. The molecule has 0 aliphatic carbocycles. The van der Waals surface area contributed by atoms with Crippen LogP contribution in [0.3, 0.4) is 0 Å². The first-order valence-corrected chi connectivity index (χ1v) is 8.24. The van der Waals surface area contributed by atoms with Crippen LogP contribution in [0.4, 0.5) is 0 Å². The summed E-state index contributed by atoms with van der Waals surface area (Å²) in [6.45, 7) is 5.75. The van der Waals surface area contributed by atoms with Crippen LogP contribution in [0.2, 0.25) is 0 Å². The molecule has 1 atom stereocenters. The van der Waals surface area contributed by atoms with Crippen LogP contribution in [0.25, 0.3) is 0 Å². The minimum Gasteiger partial charge on any atom is -0.350 e. The van der Waals surface area contributed by atoms with Gasteiger partial charge < -0.3 is 5.32 Å². The number of benzene rings is 1. The summed E-state index contributed by atoms with van der Waals surface area (Å²) in [5.41, 5.74) is 1.00. The molecule has 5 nitrogen and oxygen atoms in total. The molecule has 1 unspecified atom stereocenters. The lowest BCUT2D eigenvalue weighted by Gasteiger charge is -2.14. The number of primary sulfonamides is 1. The van der Waals surface area contributed by atoms with Crippen molar-refractivity contribution in [3.05, 3.63) is 29.3 Å². The Morgan fingerprint density at radius 2 is 2.00 bits per heavy atom. The van der Waals surface area contributed by atoms with Gasteiger partial charge in [-0.05, 0) is 44.0 Å². The molecule has 1 aromatic carbocycles. The van der Waals surface area contributed by atoms with E-state index >= 15 is 0 Å². The Bertz CT molecular complexity index is 582. The predicted molar refractivity (Wildman–Crippen MR) is 79.0 cm³/mol. The molecule has 1 amide bonds. The second-order valence-corrected chi connectivity index (χ2v) is 6.66. The zero-order valence-corrected chi connectivity index (χ0v) is 13.0. The zero-order valence-electron chi connectivity index (χ0n) is 12.1. The van der Waals surface area contributed by atoms with E-state index < -0.39 is 10.0 Å². The van der Waals surface area contributed by atoms with Crippen LogP contribution in [0, 0.1) is 6.92 Å². The van der Waals surface area contributed by atoms with E-state index in [2.05, 4.69) is 12.2 Å². The maximum atomic E-state index is 12.1. The highest BCUT2D eigenvalue weighted by Crippen LogP contribution is 2.14. The van der Waals surface area contributed by atoms with Crippen molar-refractivity contribution in [2.75, 3.05) is 0 Å². The monoisotopic (exact) mass is 298 g/mol. The van der Waals surface area contributed by atoms with Crippen molar-refractivity contribution in [3.8, 4) is 0 Å². The zero-order chi connectivity index (χ0) is 15.3. The number of hydrogen-bond acceptors (Lipinski definition) is 3. The summed E-state index contributed by atoms with van der Waals surface area (Å²) in [5, 5.41) is 7.96. The molecule has 0 bridgehead atoms. The van der Waals surface area contributed by atoms with Crippen molar-refractivity contribution in [1.29, 1.82) is 0 Å². The molecule has 3 N–H and O–H groups in total. The van der Waals surface area contributed by atoms with Crippen LogP contribution in [0.1, 0.15) is 49.0 Å². The van der Waals surface area contributed by atoms with Crippen molar-refractivity contribution >= 4 is 15.9 Å². The summed E-state index contributed by atoms with van der Waals surface area (Å²) >= 11 is 0. The Labute approximate surface area is 120 Å². The molecule has 0 aromatic heterocycles. The Balaban J connectivity index is 2.91. The number of unbranched alkanes of at least 4 members (excludes halogenated alkanes) is 1. The SMILES string of the molecule is CCCCC(C)NC(=O)c1cc(C)cc(S(N)(=O)=O)c1. The van der Waals surface area contributed by atoms with Gasteiger partial charge in [-0.15, -0.1) is 0 Å². The van der Waals surface area contributed by atoms with Gasteiger partial charge in [-0.25, -0.2) is 13.6 Å². The number of nitrogens with two attached hydrogens (primary N) is 1. The van der Waals surface area contributed by atoms with Gasteiger partial charge in [-0.2, -0.15) is 0 Å². The number of rotatable bonds is 6. The van der Waals surface area contributed by atoms with Gasteiger partial charge in [-0.3, -0.25) is 4.79 Å². The number of carbonyl (C=O) groups excluding carboxylic acids is 1. The van der Waals surface area contributed by atoms with E-state index in [1.165, 1.54) is 12.1 Å². The first kappa shape index (κ1) is 16.7. The molecule has 0 spiro atoms. The van der Waals surface area contributed by atoms with Crippen LogP contribution in [0.15, 0.2) is 23.1 Å². The van der Waals surface area contributed by atoms with Gasteiger partial charge in [-0.1, -0.05) is 19.8 Å². The quantitative estimate of drug-likeness (QED) is 0.841. The number of nitrogens with one attached hydrogen (secondary N) is 1. The summed E-state index contributed by atoms with van der Waals surface area (Å²) in [4.78, 5) is 12.1. The van der Waals surface area contributed by atoms with Crippen molar-refractivity contribution in [3.63, 3.8) is 0 Å². The highest BCUT2D eigenvalue weighted by atomic mass is 32.2. The van der Waals surface area contributed by atoms with Gasteiger partial charge >= 0.3 is 0 Å². The van der Waals surface area contributed by atoms with E-state index in [1.807, 2.05) is 6.92 Å². The molecule has 20 heavy (non-hydrogen) atoms. The number of hydrogen-bond donors (Lipinski definition) is 2. The van der Waals surface area contributed by atoms with Crippen molar-refractivity contribution in [1.82, 2.24) is 5.32 Å². The molecule has 0 aliphatic heterocycles. The van der Waals surface area contributed by atoms with E-state index in [0.29, 0.717) is 11.1 Å². The van der Waals surface area contributed by atoms with E-state index in [-0.39, 0.29) is 16.8 Å². The normalized spacial score (nSPS) is 13.0. The summed E-state index contributed by atoms with van der Waals surface area (Å²) in [6, 6.07) is 4.47. The van der Waals surface area contributed by atoms with Crippen LogP contribution in [0.5, 0.6) is 0 Å². The van der Waals surface area contributed by atoms with E-state index in [9.17, 15) is 13.2 Å². The van der Waals surface area contributed by atoms with Crippen LogP contribution < -0.4 is 10.5 Å². The largest absolute Gasteiger partial charge is 0.350 e. The average Bonchev–Trinajstić information content (AvgIpc) is 2.34. The van der Waals surface area contributed by atoms with E-state index in [1.54, 1.807) is 13.0 Å². The maximum absolute atomic E-state index is 12.1. The summed E-state index contributed by atoms with van der Waals surface area (Å²) < 4.78 is 22.7. The van der Waals surface area contributed by atoms with Gasteiger partial charge in [0.2, 0.25) is 10.0 Å². The van der Waals surface area contributed by atoms with Crippen LogP contribution in [-0.2, 0) is 10.0 Å². The van der Waals surface area contributed by atoms with E-state index in [0.717, 1.165) is 19.3 Å². The highest BCUT2D eigenvalue weighted by Gasteiger charge is 2.15. The van der Waals surface area contributed by atoms with Gasteiger partial charge in [0, 0.05) is 11.6 Å². The Morgan fingerprint density at radius 3 is 2.55 bits per heavy atom. The molecular weight excluding hydrogens is 276 g/mol. The summed E-state index contributed by atoms with van der Waals surface area (Å²) in [7, 11) is -3.80. The topological polar surface area (TPSA) is 89.3 Å². The van der Waals surface area contributed by atoms with E-state index in [4.69, 9.17) is 5.14 Å². The molecule has 0 heterocycles. The van der Waals surface area contributed by atoms with Crippen molar-refractivity contribution in [2.24, 2.45) is 5.14 Å². The smallest absolute Gasteiger partial charge is 0.251 e. The van der Waals surface area contributed by atoms with Gasteiger partial charge in [0.15, 0.2) is 0 Å². The second-order valence-electron chi connectivity index (χ2n) is 5.10. The minimum atomic E-state index is -3.80. The molecular formula is C14H22N2O3S. The lowest BCUT2D eigenvalue weighted by Crippen LogP contribution is -2.32. The number of sulfonamides is 1. The fourth-order valence-electron chi connectivity index (χ4n) is 1.93. The van der Waals surface area contributed by atoms with Gasteiger partial charge in [0.25, 0.3) is 5.91 Å². The third-order valence-electron chi connectivity index (χ3n) is 3.01. The second kappa shape index (κ2) is 6.85. The number of amides is 1. The molecule has 0 fully saturated rings. The maximum Gasteiger partial charge on any atom is 0.251 e. The molecule has 0 radical (unpaired) electrons. The van der Waals surface area contributed by atoms with Gasteiger partial charge in [0.1, 0.15) is 0 Å². The van der Waals surface area contributed by atoms with Crippen molar-refractivity contribution < 1.29 is 13.2 Å². The Kier molecular flexibility index (Phi) is 5.71. The van der Waals surface area contributed by atoms with Crippen LogP contribution >= 0.6 is 0 Å². The minimum absolute atomic E-state index is 0.0381. The highest BCUT2D eigenvalue weighted by molar-refractivity contribution is 7.89. The first-order chi connectivity index (χ1) is 9.24. The fraction of sp³-hybridized carbons (Fsp3) is 0.500. The van der Waals surface area contributed by atoms with Crippen molar-refractivity contribution in [2.45, 2.75) is 51.0 Å². The predicted octanol–water partition coefficient (Wildman–Crippen LogP) is 1.95. The molecule has 6 heteroatoms. The molecule has 1 rings (SSSR count). The molecule has 0 saturated heterocycles. The first-order valence-electron chi connectivity index (χ1n) is 6.69.